The van der Waals surface area contributed by atoms with Gasteiger partial charge in [-0.05, 0) is 30.4 Å². The molecular formula is C11H15Cl2N3O. The summed E-state index contributed by atoms with van der Waals surface area (Å²) in [7, 11) is 1.97. The van der Waals surface area contributed by atoms with Crippen molar-refractivity contribution in [3.63, 3.8) is 0 Å². The molecule has 2 rings (SSSR count). The molecule has 1 aliphatic heterocycles. The standard InChI is InChI=1S/C11H15Cl2N3O/c1-16(7-8-2-4-17-5-3-8)10-9(12)6-14-11(13)15-10/h6,8H,2-5,7H2,1H3. The summed E-state index contributed by atoms with van der Waals surface area (Å²) in [6.07, 6.45) is 3.70. The smallest absolute Gasteiger partial charge is 0.224 e. The summed E-state index contributed by atoms with van der Waals surface area (Å²) in [6, 6.07) is 0. The van der Waals surface area contributed by atoms with Gasteiger partial charge >= 0.3 is 0 Å². The predicted octanol–water partition coefficient (Wildman–Crippen LogP) is 2.65. The van der Waals surface area contributed by atoms with Gasteiger partial charge in [-0.2, -0.15) is 4.98 Å². The fourth-order valence-electron chi connectivity index (χ4n) is 2.01. The number of halogens is 2. The molecule has 1 saturated heterocycles. The summed E-state index contributed by atoms with van der Waals surface area (Å²) < 4.78 is 5.34. The number of anilines is 1. The Balaban J connectivity index is 2.02. The normalized spacial score (nSPS) is 17.1. The van der Waals surface area contributed by atoms with Crippen molar-refractivity contribution >= 4 is 29.0 Å². The molecule has 0 radical (unpaired) electrons. The van der Waals surface area contributed by atoms with Crippen LogP contribution in [-0.4, -0.2) is 36.8 Å². The molecule has 0 bridgehead atoms. The summed E-state index contributed by atoms with van der Waals surface area (Å²) >= 11 is 11.8. The maximum atomic E-state index is 6.06. The van der Waals surface area contributed by atoms with Crippen LogP contribution in [0.25, 0.3) is 0 Å². The molecule has 0 aromatic carbocycles. The SMILES string of the molecule is CN(CC1CCOCC1)c1nc(Cl)ncc1Cl. The van der Waals surface area contributed by atoms with Crippen LogP contribution >= 0.6 is 23.2 Å². The summed E-state index contributed by atoms with van der Waals surface area (Å²) in [4.78, 5) is 10.0. The molecule has 94 valence electrons. The molecule has 6 heteroatoms. The molecule has 17 heavy (non-hydrogen) atoms. The lowest BCUT2D eigenvalue weighted by molar-refractivity contribution is 0.0685. The minimum atomic E-state index is 0.225. The minimum Gasteiger partial charge on any atom is -0.381 e. The molecule has 0 unspecified atom stereocenters. The topological polar surface area (TPSA) is 38.2 Å². The molecule has 2 heterocycles. The number of nitrogens with zero attached hydrogens (tertiary/aromatic N) is 3. The van der Waals surface area contributed by atoms with Crippen molar-refractivity contribution in [2.24, 2.45) is 5.92 Å². The van der Waals surface area contributed by atoms with E-state index in [1.165, 1.54) is 6.20 Å². The first-order chi connectivity index (χ1) is 8.16. The van der Waals surface area contributed by atoms with E-state index in [9.17, 15) is 0 Å². The van der Waals surface area contributed by atoms with Crippen LogP contribution < -0.4 is 4.90 Å². The van der Waals surface area contributed by atoms with Crippen molar-refractivity contribution in [1.82, 2.24) is 9.97 Å². The molecule has 0 amide bonds. The Kier molecular flexibility index (Phi) is 4.42. The van der Waals surface area contributed by atoms with Crippen molar-refractivity contribution in [3.8, 4) is 0 Å². The largest absolute Gasteiger partial charge is 0.381 e. The van der Waals surface area contributed by atoms with E-state index < -0.39 is 0 Å². The summed E-state index contributed by atoms with van der Waals surface area (Å²) in [5.74, 6) is 1.32. The van der Waals surface area contributed by atoms with E-state index >= 15 is 0 Å². The highest BCUT2D eigenvalue weighted by molar-refractivity contribution is 6.33. The van der Waals surface area contributed by atoms with E-state index in [0.717, 1.165) is 32.6 Å². The fourth-order valence-corrected chi connectivity index (χ4v) is 2.37. The van der Waals surface area contributed by atoms with Crippen LogP contribution in [0.5, 0.6) is 0 Å². The number of rotatable bonds is 3. The molecule has 0 atom stereocenters. The van der Waals surface area contributed by atoms with Crippen molar-refractivity contribution in [1.29, 1.82) is 0 Å². The first-order valence-corrected chi connectivity index (χ1v) is 6.39. The Morgan fingerprint density at radius 2 is 2.12 bits per heavy atom. The van der Waals surface area contributed by atoms with Gasteiger partial charge in [0.2, 0.25) is 5.28 Å². The highest BCUT2D eigenvalue weighted by Crippen LogP contribution is 2.25. The summed E-state index contributed by atoms with van der Waals surface area (Å²) in [5, 5.41) is 0.757. The summed E-state index contributed by atoms with van der Waals surface area (Å²) in [5.41, 5.74) is 0. The Morgan fingerprint density at radius 3 is 2.82 bits per heavy atom. The zero-order chi connectivity index (χ0) is 12.3. The predicted molar refractivity (Wildman–Crippen MR) is 68.9 cm³/mol. The van der Waals surface area contributed by atoms with Gasteiger partial charge < -0.3 is 9.64 Å². The highest BCUT2D eigenvalue weighted by atomic mass is 35.5. The van der Waals surface area contributed by atoms with Crippen LogP contribution in [0.1, 0.15) is 12.8 Å². The number of hydrogen-bond donors (Lipinski definition) is 0. The van der Waals surface area contributed by atoms with E-state index in [1.807, 2.05) is 11.9 Å². The van der Waals surface area contributed by atoms with Gasteiger partial charge in [-0.15, -0.1) is 0 Å². The molecular weight excluding hydrogens is 261 g/mol. The third-order valence-electron chi connectivity index (χ3n) is 2.93. The minimum absolute atomic E-state index is 0.225. The van der Waals surface area contributed by atoms with E-state index in [2.05, 4.69) is 9.97 Å². The summed E-state index contributed by atoms with van der Waals surface area (Å²) in [6.45, 7) is 2.60. The molecule has 4 nitrogen and oxygen atoms in total. The van der Waals surface area contributed by atoms with Crippen molar-refractivity contribution in [2.45, 2.75) is 12.8 Å². The van der Waals surface area contributed by atoms with E-state index in [4.69, 9.17) is 27.9 Å². The van der Waals surface area contributed by atoms with Crippen LogP contribution in [0.4, 0.5) is 5.82 Å². The van der Waals surface area contributed by atoms with Gasteiger partial charge in [0.25, 0.3) is 0 Å². The molecule has 1 aromatic heterocycles. The lowest BCUT2D eigenvalue weighted by Gasteiger charge is -2.28. The quantitative estimate of drug-likeness (QED) is 0.795. The number of hydrogen-bond acceptors (Lipinski definition) is 4. The maximum Gasteiger partial charge on any atom is 0.224 e. The zero-order valence-corrected chi connectivity index (χ0v) is 11.2. The molecule has 1 aliphatic rings. The Labute approximate surface area is 111 Å². The van der Waals surface area contributed by atoms with Gasteiger partial charge in [-0.1, -0.05) is 11.6 Å². The first-order valence-electron chi connectivity index (χ1n) is 5.63. The lowest BCUT2D eigenvalue weighted by atomic mass is 10.00. The lowest BCUT2D eigenvalue weighted by Crippen LogP contribution is -2.30. The van der Waals surface area contributed by atoms with E-state index in [1.54, 1.807) is 0 Å². The monoisotopic (exact) mass is 275 g/mol. The average molecular weight is 276 g/mol. The first kappa shape index (κ1) is 12.9. The second-order valence-corrected chi connectivity index (χ2v) is 4.99. The Morgan fingerprint density at radius 1 is 1.41 bits per heavy atom. The van der Waals surface area contributed by atoms with Crippen molar-refractivity contribution in [3.05, 3.63) is 16.5 Å². The van der Waals surface area contributed by atoms with E-state index in [0.29, 0.717) is 16.8 Å². The third-order valence-corrected chi connectivity index (χ3v) is 3.38. The van der Waals surface area contributed by atoms with Crippen molar-refractivity contribution in [2.75, 3.05) is 31.7 Å². The van der Waals surface area contributed by atoms with Gasteiger partial charge in [0, 0.05) is 26.8 Å². The number of ether oxygens (including phenoxy) is 1. The Bertz CT molecular complexity index is 383. The molecule has 1 aromatic rings. The second kappa shape index (κ2) is 5.85. The molecule has 1 fully saturated rings. The highest BCUT2D eigenvalue weighted by Gasteiger charge is 2.18. The van der Waals surface area contributed by atoms with Crippen LogP contribution in [0, 0.1) is 5.92 Å². The van der Waals surface area contributed by atoms with Gasteiger partial charge in [0.15, 0.2) is 5.82 Å². The van der Waals surface area contributed by atoms with Crippen LogP contribution in [0.3, 0.4) is 0 Å². The fraction of sp³-hybridized carbons (Fsp3) is 0.636. The Hall–Kier alpha value is -0.580. The third kappa shape index (κ3) is 3.44. The zero-order valence-electron chi connectivity index (χ0n) is 9.70. The molecule has 0 aliphatic carbocycles. The van der Waals surface area contributed by atoms with Crippen molar-refractivity contribution < 1.29 is 4.74 Å². The van der Waals surface area contributed by atoms with Crippen LogP contribution in [0.2, 0.25) is 10.3 Å². The second-order valence-electron chi connectivity index (χ2n) is 4.25. The van der Waals surface area contributed by atoms with Crippen LogP contribution in [0.15, 0.2) is 6.20 Å². The molecule has 0 saturated carbocycles. The van der Waals surface area contributed by atoms with Crippen LogP contribution in [-0.2, 0) is 4.74 Å². The van der Waals surface area contributed by atoms with Gasteiger partial charge in [0.1, 0.15) is 5.02 Å². The molecule has 0 N–H and O–H groups in total. The molecule has 0 spiro atoms. The number of aromatic nitrogens is 2. The van der Waals surface area contributed by atoms with Gasteiger partial charge in [0.05, 0.1) is 6.20 Å². The van der Waals surface area contributed by atoms with Gasteiger partial charge in [-0.25, -0.2) is 4.98 Å². The van der Waals surface area contributed by atoms with Gasteiger partial charge in [-0.3, -0.25) is 0 Å². The maximum absolute atomic E-state index is 6.06. The van der Waals surface area contributed by atoms with E-state index in [-0.39, 0.29) is 5.28 Å². The average Bonchev–Trinajstić information content (AvgIpc) is 2.33.